The van der Waals surface area contributed by atoms with E-state index in [1.807, 2.05) is 0 Å². The van der Waals surface area contributed by atoms with Crippen LogP contribution in [0.4, 0.5) is 0 Å². The molecule has 8 nitrogen and oxygen atoms in total. The summed E-state index contributed by atoms with van der Waals surface area (Å²) in [5, 5.41) is 10.6. The standard InChI is InChI=1S/C22H24N2O6/c1-28-16-6-4-15(5-7-16)19-18(20(25)17-3-2-12-30-17)21(26)22(27)24(19)9-8-23-10-13-29-14-11-23/h2-7,12,19,26H,8-11,13-14H2,1H3/t19-/m1/s1. The van der Waals surface area contributed by atoms with Crippen molar-refractivity contribution in [2.24, 2.45) is 0 Å². The molecule has 1 saturated heterocycles. The predicted molar refractivity (Wildman–Crippen MR) is 107 cm³/mol. The molecule has 0 spiro atoms. The van der Waals surface area contributed by atoms with Crippen molar-refractivity contribution >= 4 is 11.7 Å². The molecule has 1 aromatic carbocycles. The van der Waals surface area contributed by atoms with Crippen LogP contribution in [0.5, 0.6) is 5.75 Å². The van der Waals surface area contributed by atoms with Gasteiger partial charge in [-0.15, -0.1) is 0 Å². The van der Waals surface area contributed by atoms with Gasteiger partial charge in [-0.3, -0.25) is 14.5 Å². The Labute approximate surface area is 174 Å². The van der Waals surface area contributed by atoms with Crippen molar-refractivity contribution in [3.05, 3.63) is 65.3 Å². The first-order valence-corrected chi connectivity index (χ1v) is 9.86. The lowest BCUT2D eigenvalue weighted by Crippen LogP contribution is -2.43. The van der Waals surface area contributed by atoms with Gasteiger partial charge in [-0.2, -0.15) is 0 Å². The number of furan rings is 1. The maximum absolute atomic E-state index is 13.1. The molecule has 8 heteroatoms. The van der Waals surface area contributed by atoms with E-state index in [1.165, 1.54) is 12.3 Å². The molecule has 1 N–H and O–H groups in total. The fourth-order valence-electron chi connectivity index (χ4n) is 3.86. The summed E-state index contributed by atoms with van der Waals surface area (Å²) in [4.78, 5) is 29.8. The summed E-state index contributed by atoms with van der Waals surface area (Å²) in [6, 6.07) is 9.55. The minimum absolute atomic E-state index is 0.0297. The molecule has 0 aliphatic carbocycles. The number of rotatable bonds is 7. The zero-order valence-electron chi connectivity index (χ0n) is 16.7. The molecule has 1 aromatic heterocycles. The molecule has 0 saturated carbocycles. The number of carbonyl (C=O) groups is 2. The number of Topliss-reactive ketones (excluding diaryl/α,β-unsaturated/α-hetero) is 1. The van der Waals surface area contributed by atoms with Gasteiger partial charge in [0, 0.05) is 26.2 Å². The van der Waals surface area contributed by atoms with Crippen LogP contribution in [0.3, 0.4) is 0 Å². The summed E-state index contributed by atoms with van der Waals surface area (Å²) < 4.78 is 15.8. The van der Waals surface area contributed by atoms with Crippen LogP contribution in [0.2, 0.25) is 0 Å². The van der Waals surface area contributed by atoms with E-state index in [9.17, 15) is 14.7 Å². The third kappa shape index (κ3) is 3.83. The Morgan fingerprint density at radius 2 is 1.90 bits per heavy atom. The first kappa shape index (κ1) is 20.2. The Balaban J connectivity index is 1.66. The van der Waals surface area contributed by atoms with E-state index in [0.29, 0.717) is 37.6 Å². The average molecular weight is 412 g/mol. The van der Waals surface area contributed by atoms with E-state index in [-0.39, 0.29) is 11.3 Å². The van der Waals surface area contributed by atoms with Gasteiger partial charge in [0.15, 0.2) is 11.5 Å². The van der Waals surface area contributed by atoms with Gasteiger partial charge in [-0.1, -0.05) is 12.1 Å². The molecular formula is C22H24N2O6. The highest BCUT2D eigenvalue weighted by Crippen LogP contribution is 2.39. The number of morpholine rings is 1. The fraction of sp³-hybridized carbons (Fsp3) is 0.364. The molecule has 3 heterocycles. The van der Waals surface area contributed by atoms with Crippen LogP contribution < -0.4 is 4.74 Å². The van der Waals surface area contributed by atoms with Gasteiger partial charge < -0.3 is 23.9 Å². The second kappa shape index (κ2) is 8.73. The molecule has 0 radical (unpaired) electrons. The molecular weight excluding hydrogens is 388 g/mol. The number of methoxy groups -OCH3 is 1. The predicted octanol–water partition coefficient (Wildman–Crippen LogP) is 2.20. The Morgan fingerprint density at radius 1 is 1.17 bits per heavy atom. The number of aliphatic hydroxyl groups is 1. The number of hydrogen-bond acceptors (Lipinski definition) is 7. The van der Waals surface area contributed by atoms with Crippen molar-refractivity contribution < 1.29 is 28.6 Å². The lowest BCUT2D eigenvalue weighted by molar-refractivity contribution is -0.129. The average Bonchev–Trinajstić information content (AvgIpc) is 3.41. The normalized spacial score (nSPS) is 20.1. The topological polar surface area (TPSA) is 92.5 Å². The Hall–Kier alpha value is -3.10. The lowest BCUT2D eigenvalue weighted by Gasteiger charge is -2.31. The zero-order chi connectivity index (χ0) is 21.1. The van der Waals surface area contributed by atoms with Crippen molar-refractivity contribution in [1.82, 2.24) is 9.80 Å². The number of hydrogen-bond donors (Lipinski definition) is 1. The fourth-order valence-corrected chi connectivity index (χ4v) is 3.86. The largest absolute Gasteiger partial charge is 0.503 e. The summed E-state index contributed by atoms with van der Waals surface area (Å²) in [6.45, 7) is 3.87. The second-order valence-electron chi connectivity index (χ2n) is 7.20. The minimum atomic E-state index is -0.706. The van der Waals surface area contributed by atoms with Gasteiger partial charge in [0.2, 0.25) is 5.78 Å². The Bertz CT molecular complexity index is 929. The molecule has 30 heavy (non-hydrogen) atoms. The summed E-state index contributed by atoms with van der Waals surface area (Å²) in [5.41, 5.74) is 0.743. The van der Waals surface area contributed by atoms with Gasteiger partial charge in [0.1, 0.15) is 5.75 Å². The number of ether oxygens (including phenoxy) is 2. The first-order valence-electron chi connectivity index (χ1n) is 9.86. The van der Waals surface area contributed by atoms with Gasteiger partial charge >= 0.3 is 0 Å². The first-order chi connectivity index (χ1) is 14.6. The molecule has 1 fully saturated rings. The quantitative estimate of drug-likeness (QED) is 0.697. The smallest absolute Gasteiger partial charge is 0.290 e. The summed E-state index contributed by atoms with van der Waals surface area (Å²) in [5.74, 6) is -0.841. The van der Waals surface area contributed by atoms with Crippen LogP contribution in [0.1, 0.15) is 22.2 Å². The molecule has 2 aliphatic rings. The Kier molecular flexibility index (Phi) is 5.87. The van der Waals surface area contributed by atoms with Crippen LogP contribution >= 0.6 is 0 Å². The van der Waals surface area contributed by atoms with Gasteiger partial charge in [-0.25, -0.2) is 0 Å². The number of nitrogens with zero attached hydrogens (tertiary/aromatic N) is 2. The Morgan fingerprint density at radius 3 is 2.53 bits per heavy atom. The molecule has 4 rings (SSSR count). The highest BCUT2D eigenvalue weighted by atomic mass is 16.5. The number of aliphatic hydroxyl groups excluding tert-OH is 1. The van der Waals surface area contributed by atoms with Gasteiger partial charge in [0.05, 0.1) is 38.2 Å². The van der Waals surface area contributed by atoms with Crippen LogP contribution in [0.25, 0.3) is 0 Å². The summed E-state index contributed by atoms with van der Waals surface area (Å²) >= 11 is 0. The molecule has 1 amide bonds. The van der Waals surface area contributed by atoms with Crippen molar-refractivity contribution in [3.8, 4) is 5.75 Å². The van der Waals surface area contributed by atoms with Crippen molar-refractivity contribution in [3.63, 3.8) is 0 Å². The third-order valence-corrected chi connectivity index (χ3v) is 5.49. The van der Waals surface area contributed by atoms with Crippen molar-refractivity contribution in [2.45, 2.75) is 6.04 Å². The van der Waals surface area contributed by atoms with E-state index in [0.717, 1.165) is 13.1 Å². The highest BCUT2D eigenvalue weighted by Gasteiger charge is 2.44. The van der Waals surface area contributed by atoms with Crippen LogP contribution in [0.15, 0.2) is 58.4 Å². The third-order valence-electron chi connectivity index (χ3n) is 5.49. The minimum Gasteiger partial charge on any atom is -0.503 e. The van der Waals surface area contributed by atoms with Crippen molar-refractivity contribution in [2.75, 3.05) is 46.5 Å². The van der Waals surface area contributed by atoms with Crippen LogP contribution in [-0.4, -0.2) is 73.1 Å². The SMILES string of the molecule is COc1ccc([C@@H]2C(C(=O)c3ccco3)=C(O)C(=O)N2CCN2CCOCC2)cc1. The molecule has 158 valence electrons. The monoisotopic (exact) mass is 412 g/mol. The summed E-state index contributed by atoms with van der Waals surface area (Å²) in [7, 11) is 1.57. The van der Waals surface area contributed by atoms with E-state index in [1.54, 1.807) is 42.3 Å². The maximum atomic E-state index is 13.1. The molecule has 2 aliphatic heterocycles. The summed E-state index contributed by atoms with van der Waals surface area (Å²) in [6.07, 6.45) is 1.39. The number of carbonyl (C=O) groups excluding carboxylic acids is 2. The highest BCUT2D eigenvalue weighted by molar-refractivity contribution is 6.15. The molecule has 0 unspecified atom stereocenters. The van der Waals surface area contributed by atoms with Crippen LogP contribution in [-0.2, 0) is 9.53 Å². The number of benzene rings is 1. The zero-order valence-corrected chi connectivity index (χ0v) is 16.7. The van der Waals surface area contributed by atoms with E-state index < -0.39 is 23.5 Å². The van der Waals surface area contributed by atoms with Gasteiger partial charge in [0.25, 0.3) is 5.91 Å². The maximum Gasteiger partial charge on any atom is 0.290 e. The lowest BCUT2D eigenvalue weighted by atomic mass is 9.95. The number of amides is 1. The van der Waals surface area contributed by atoms with E-state index in [4.69, 9.17) is 13.9 Å². The van der Waals surface area contributed by atoms with Gasteiger partial charge in [-0.05, 0) is 29.8 Å². The number of ketones is 1. The van der Waals surface area contributed by atoms with E-state index in [2.05, 4.69) is 4.90 Å². The molecule has 2 aromatic rings. The molecule has 0 bridgehead atoms. The van der Waals surface area contributed by atoms with Crippen LogP contribution in [0, 0.1) is 0 Å². The second-order valence-corrected chi connectivity index (χ2v) is 7.20. The molecule has 1 atom stereocenters. The van der Waals surface area contributed by atoms with Crippen molar-refractivity contribution in [1.29, 1.82) is 0 Å². The van der Waals surface area contributed by atoms with E-state index >= 15 is 0 Å².